The Morgan fingerprint density at radius 1 is 1.32 bits per heavy atom. The number of aryl methyl sites for hydroxylation is 1. The molecular formula is C14H15N5O2S. The molecule has 0 N–H and O–H groups in total. The van der Waals surface area contributed by atoms with Crippen molar-refractivity contribution in [3.05, 3.63) is 29.8 Å². The largest absolute Gasteiger partial charge is 0.282 e. The van der Waals surface area contributed by atoms with Crippen molar-refractivity contribution in [2.24, 2.45) is 0 Å². The molecule has 2 amide bonds. The van der Waals surface area contributed by atoms with Crippen molar-refractivity contribution in [1.82, 2.24) is 25.1 Å². The van der Waals surface area contributed by atoms with E-state index < -0.39 is 0 Å². The summed E-state index contributed by atoms with van der Waals surface area (Å²) in [4.78, 5) is 24.9. The number of likely N-dealkylation sites (tertiary alicyclic amines) is 1. The van der Waals surface area contributed by atoms with E-state index in [0.29, 0.717) is 18.1 Å². The van der Waals surface area contributed by atoms with Gasteiger partial charge in [0.05, 0.1) is 11.4 Å². The van der Waals surface area contributed by atoms with Gasteiger partial charge in [0, 0.05) is 13.0 Å². The fourth-order valence-corrected chi connectivity index (χ4v) is 3.00. The first kappa shape index (κ1) is 14.7. The van der Waals surface area contributed by atoms with Gasteiger partial charge in [-0.05, 0) is 35.9 Å². The van der Waals surface area contributed by atoms with Crippen molar-refractivity contribution in [2.45, 2.75) is 24.9 Å². The maximum absolute atomic E-state index is 12.0. The Morgan fingerprint density at radius 3 is 2.77 bits per heavy atom. The summed E-state index contributed by atoms with van der Waals surface area (Å²) in [6, 6.07) is 7.78. The highest BCUT2D eigenvalue weighted by Gasteiger charge is 2.26. The van der Waals surface area contributed by atoms with E-state index in [-0.39, 0.29) is 17.6 Å². The van der Waals surface area contributed by atoms with E-state index in [1.807, 2.05) is 31.2 Å². The lowest BCUT2D eigenvalue weighted by Gasteiger charge is -2.12. The van der Waals surface area contributed by atoms with Crippen molar-refractivity contribution >= 4 is 23.6 Å². The highest BCUT2D eigenvalue weighted by Crippen LogP contribution is 2.20. The molecule has 0 bridgehead atoms. The second kappa shape index (κ2) is 6.27. The quantitative estimate of drug-likeness (QED) is 0.789. The SMILES string of the molecule is Cc1ccc(-n2nnnc2SCC(=O)N2CCCC2=O)cc1. The molecule has 3 rings (SSSR count). The van der Waals surface area contributed by atoms with E-state index in [4.69, 9.17) is 0 Å². The van der Waals surface area contributed by atoms with Gasteiger partial charge in [0.25, 0.3) is 0 Å². The maximum atomic E-state index is 12.0. The molecule has 22 heavy (non-hydrogen) atoms. The standard InChI is InChI=1S/C14H15N5O2S/c1-10-4-6-11(7-5-10)19-14(15-16-17-19)22-9-13(21)18-8-2-3-12(18)20/h4-7H,2-3,8-9H2,1H3. The molecule has 1 aliphatic heterocycles. The molecule has 114 valence electrons. The molecule has 2 heterocycles. The molecule has 0 unspecified atom stereocenters. The number of aromatic nitrogens is 4. The summed E-state index contributed by atoms with van der Waals surface area (Å²) in [7, 11) is 0. The Bertz CT molecular complexity index is 698. The smallest absolute Gasteiger partial charge is 0.239 e. The molecule has 0 atom stereocenters. The lowest BCUT2D eigenvalue weighted by Crippen LogP contribution is -2.33. The zero-order chi connectivity index (χ0) is 15.5. The molecule has 1 aromatic heterocycles. The maximum Gasteiger partial charge on any atom is 0.239 e. The second-order valence-electron chi connectivity index (χ2n) is 5.04. The van der Waals surface area contributed by atoms with E-state index >= 15 is 0 Å². The van der Waals surface area contributed by atoms with Gasteiger partial charge in [-0.1, -0.05) is 29.5 Å². The predicted molar refractivity (Wildman–Crippen MR) is 80.6 cm³/mol. The molecule has 2 aromatic rings. The molecule has 1 saturated heterocycles. The fourth-order valence-electron chi connectivity index (χ4n) is 2.23. The summed E-state index contributed by atoms with van der Waals surface area (Å²) in [5.74, 6) is -0.132. The van der Waals surface area contributed by atoms with Crippen LogP contribution in [0, 0.1) is 6.92 Å². The number of carbonyl (C=O) groups excluding carboxylic acids is 2. The van der Waals surface area contributed by atoms with Gasteiger partial charge in [-0.25, -0.2) is 0 Å². The third kappa shape index (κ3) is 3.01. The van der Waals surface area contributed by atoms with Gasteiger partial charge in [-0.15, -0.1) is 5.10 Å². The van der Waals surface area contributed by atoms with Crippen molar-refractivity contribution in [3.8, 4) is 5.69 Å². The summed E-state index contributed by atoms with van der Waals surface area (Å²) in [6.07, 6.45) is 1.20. The molecule has 0 spiro atoms. The first-order valence-electron chi connectivity index (χ1n) is 6.96. The van der Waals surface area contributed by atoms with Gasteiger partial charge in [0.1, 0.15) is 0 Å². The van der Waals surface area contributed by atoms with Crippen LogP contribution in [0.2, 0.25) is 0 Å². The molecule has 7 nitrogen and oxygen atoms in total. The Labute approximate surface area is 131 Å². The Morgan fingerprint density at radius 2 is 2.09 bits per heavy atom. The van der Waals surface area contributed by atoms with Crippen LogP contribution in [0.3, 0.4) is 0 Å². The zero-order valence-electron chi connectivity index (χ0n) is 12.1. The van der Waals surface area contributed by atoms with Crippen molar-refractivity contribution in [2.75, 3.05) is 12.3 Å². The average Bonchev–Trinajstić information content (AvgIpc) is 3.14. The number of tetrazole rings is 1. The summed E-state index contributed by atoms with van der Waals surface area (Å²) in [6.45, 7) is 2.52. The normalized spacial score (nSPS) is 14.6. The van der Waals surface area contributed by atoms with Gasteiger partial charge < -0.3 is 0 Å². The minimum absolute atomic E-state index is 0.0938. The Kier molecular flexibility index (Phi) is 4.19. The van der Waals surface area contributed by atoms with E-state index in [0.717, 1.165) is 17.7 Å². The number of imide groups is 1. The molecule has 0 saturated carbocycles. The molecule has 0 aliphatic carbocycles. The number of carbonyl (C=O) groups is 2. The molecular weight excluding hydrogens is 302 g/mol. The second-order valence-corrected chi connectivity index (χ2v) is 5.98. The van der Waals surface area contributed by atoms with Crippen LogP contribution < -0.4 is 0 Å². The lowest BCUT2D eigenvalue weighted by molar-refractivity contribution is -0.140. The number of hydrogen-bond donors (Lipinski definition) is 0. The number of hydrogen-bond acceptors (Lipinski definition) is 6. The third-order valence-electron chi connectivity index (χ3n) is 3.42. The fraction of sp³-hybridized carbons (Fsp3) is 0.357. The topological polar surface area (TPSA) is 81.0 Å². The number of benzene rings is 1. The van der Waals surface area contributed by atoms with Crippen LogP contribution >= 0.6 is 11.8 Å². The van der Waals surface area contributed by atoms with Crippen LogP contribution in [0.4, 0.5) is 0 Å². The highest BCUT2D eigenvalue weighted by atomic mass is 32.2. The highest BCUT2D eigenvalue weighted by molar-refractivity contribution is 7.99. The molecule has 1 aliphatic rings. The van der Waals surface area contributed by atoms with Crippen LogP contribution in [0.15, 0.2) is 29.4 Å². The molecule has 0 radical (unpaired) electrons. The molecule has 8 heteroatoms. The third-order valence-corrected chi connectivity index (χ3v) is 4.32. The summed E-state index contributed by atoms with van der Waals surface area (Å²) >= 11 is 1.23. The number of amides is 2. The van der Waals surface area contributed by atoms with Crippen LogP contribution in [0.1, 0.15) is 18.4 Å². The summed E-state index contributed by atoms with van der Waals surface area (Å²) < 4.78 is 1.59. The van der Waals surface area contributed by atoms with Crippen LogP contribution in [-0.4, -0.2) is 49.2 Å². The summed E-state index contributed by atoms with van der Waals surface area (Å²) in [5.41, 5.74) is 1.98. The number of rotatable bonds is 4. The Balaban J connectivity index is 1.69. The predicted octanol–water partition coefficient (Wildman–Crippen LogP) is 1.21. The van der Waals surface area contributed by atoms with E-state index in [1.54, 1.807) is 4.68 Å². The van der Waals surface area contributed by atoms with Crippen molar-refractivity contribution < 1.29 is 9.59 Å². The lowest BCUT2D eigenvalue weighted by atomic mass is 10.2. The molecule has 1 aromatic carbocycles. The average molecular weight is 317 g/mol. The van der Waals surface area contributed by atoms with Gasteiger partial charge in [-0.2, -0.15) is 4.68 Å². The first-order chi connectivity index (χ1) is 10.6. The minimum atomic E-state index is -0.189. The van der Waals surface area contributed by atoms with Gasteiger partial charge in [0.2, 0.25) is 17.0 Å². The van der Waals surface area contributed by atoms with Gasteiger partial charge in [0.15, 0.2) is 0 Å². The van der Waals surface area contributed by atoms with Crippen LogP contribution in [0.5, 0.6) is 0 Å². The monoisotopic (exact) mass is 317 g/mol. The first-order valence-corrected chi connectivity index (χ1v) is 7.95. The van der Waals surface area contributed by atoms with Gasteiger partial charge >= 0.3 is 0 Å². The van der Waals surface area contributed by atoms with E-state index in [9.17, 15) is 9.59 Å². The van der Waals surface area contributed by atoms with E-state index in [2.05, 4.69) is 15.5 Å². The van der Waals surface area contributed by atoms with Crippen LogP contribution in [0.25, 0.3) is 5.69 Å². The molecule has 1 fully saturated rings. The van der Waals surface area contributed by atoms with Gasteiger partial charge in [-0.3, -0.25) is 14.5 Å². The minimum Gasteiger partial charge on any atom is -0.282 e. The van der Waals surface area contributed by atoms with Crippen molar-refractivity contribution in [3.63, 3.8) is 0 Å². The number of thioether (sulfide) groups is 1. The Hall–Kier alpha value is -2.22. The summed E-state index contributed by atoms with van der Waals surface area (Å²) in [5, 5.41) is 12.1. The van der Waals surface area contributed by atoms with Crippen molar-refractivity contribution in [1.29, 1.82) is 0 Å². The zero-order valence-corrected chi connectivity index (χ0v) is 12.9. The van der Waals surface area contributed by atoms with Crippen LogP contribution in [-0.2, 0) is 9.59 Å². The number of nitrogens with zero attached hydrogens (tertiary/aromatic N) is 5. The van der Waals surface area contributed by atoms with E-state index in [1.165, 1.54) is 16.7 Å².